The molecule has 1 N–H and O–H groups in total. The van der Waals surface area contributed by atoms with Crippen molar-refractivity contribution in [2.24, 2.45) is 0 Å². The van der Waals surface area contributed by atoms with Gasteiger partial charge in [0.25, 0.3) is 0 Å². The molecular weight excluding hydrogens is 438 g/mol. The van der Waals surface area contributed by atoms with Crippen LogP contribution in [0.2, 0.25) is 0 Å². The van der Waals surface area contributed by atoms with Crippen molar-refractivity contribution in [2.45, 2.75) is 12.1 Å². The molecular formula is C25H21N3O2S2. The number of nitrogens with one attached hydrogen (secondary N) is 1. The van der Waals surface area contributed by atoms with Crippen LogP contribution in [0.3, 0.4) is 0 Å². The highest BCUT2D eigenvalue weighted by atomic mass is 32.1. The first-order chi connectivity index (χ1) is 15.7. The Morgan fingerprint density at radius 3 is 2.25 bits per heavy atom. The number of anilines is 1. The first-order valence-electron chi connectivity index (χ1n) is 10.2. The Morgan fingerprint density at radius 1 is 0.906 bits per heavy atom. The minimum atomic E-state index is -0.0300. The summed E-state index contributed by atoms with van der Waals surface area (Å²) in [5, 5.41) is 6.26. The molecule has 5 rings (SSSR count). The van der Waals surface area contributed by atoms with Crippen LogP contribution >= 0.6 is 23.6 Å². The van der Waals surface area contributed by atoms with Crippen molar-refractivity contribution in [3.05, 3.63) is 101 Å². The number of aromatic nitrogens is 1. The topological polar surface area (TPSA) is 46.6 Å². The molecule has 0 aliphatic carbocycles. The van der Waals surface area contributed by atoms with Crippen LogP contribution in [0.15, 0.2) is 90.4 Å². The summed E-state index contributed by atoms with van der Waals surface area (Å²) in [7, 11) is 1.65. The van der Waals surface area contributed by atoms with Gasteiger partial charge in [0.1, 0.15) is 17.2 Å². The lowest BCUT2D eigenvalue weighted by atomic mass is 10.0. The highest BCUT2D eigenvalue weighted by Gasteiger charge is 2.41. The van der Waals surface area contributed by atoms with Gasteiger partial charge in [0.15, 0.2) is 5.11 Å². The summed E-state index contributed by atoms with van der Waals surface area (Å²) in [6, 6.07) is 25.7. The van der Waals surface area contributed by atoms with Crippen molar-refractivity contribution >= 4 is 34.4 Å². The number of hydrogen-bond donors (Lipinski definition) is 1. The fourth-order valence-electron chi connectivity index (χ4n) is 3.84. The van der Waals surface area contributed by atoms with E-state index in [-0.39, 0.29) is 12.1 Å². The van der Waals surface area contributed by atoms with Crippen molar-refractivity contribution in [1.29, 1.82) is 0 Å². The van der Waals surface area contributed by atoms with Crippen molar-refractivity contribution in [3.8, 4) is 17.2 Å². The number of benzene rings is 2. The number of nitrogens with zero attached hydrogens (tertiary/aromatic N) is 2. The maximum Gasteiger partial charge on any atom is 0.174 e. The Bertz CT molecular complexity index is 1180. The molecule has 32 heavy (non-hydrogen) atoms. The SMILES string of the molecule is COc1ccc(Oc2ccc(N3C(=S)N[C@H](c4ccccn4)[C@H]3c3cccs3)cc2)cc1. The number of rotatable bonds is 6. The lowest BCUT2D eigenvalue weighted by Crippen LogP contribution is -2.28. The molecule has 0 amide bonds. The van der Waals surface area contributed by atoms with Crippen molar-refractivity contribution in [1.82, 2.24) is 10.3 Å². The molecule has 5 nitrogen and oxygen atoms in total. The second kappa shape index (κ2) is 8.98. The van der Waals surface area contributed by atoms with Crippen molar-refractivity contribution in [2.75, 3.05) is 12.0 Å². The van der Waals surface area contributed by atoms with Gasteiger partial charge in [-0.05, 0) is 84.3 Å². The average Bonchev–Trinajstić information content (AvgIpc) is 3.48. The highest BCUT2D eigenvalue weighted by Crippen LogP contribution is 2.43. The summed E-state index contributed by atoms with van der Waals surface area (Å²) >= 11 is 7.48. The molecule has 1 aliphatic rings. The number of methoxy groups -OCH3 is 1. The number of ether oxygens (including phenoxy) is 2. The zero-order valence-corrected chi connectivity index (χ0v) is 19.0. The van der Waals surface area contributed by atoms with E-state index in [0.717, 1.165) is 28.6 Å². The van der Waals surface area contributed by atoms with E-state index in [2.05, 4.69) is 32.7 Å². The van der Waals surface area contributed by atoms with E-state index in [4.69, 9.17) is 21.7 Å². The molecule has 2 aromatic heterocycles. The van der Waals surface area contributed by atoms with Gasteiger partial charge in [-0.1, -0.05) is 12.1 Å². The van der Waals surface area contributed by atoms with E-state index >= 15 is 0 Å². The predicted octanol–water partition coefficient (Wildman–Crippen LogP) is 6.12. The van der Waals surface area contributed by atoms with Gasteiger partial charge in [0.2, 0.25) is 0 Å². The number of thiocarbonyl (C=S) groups is 1. The molecule has 0 bridgehead atoms. The molecule has 0 radical (unpaired) electrons. The van der Waals surface area contributed by atoms with E-state index in [0.29, 0.717) is 5.11 Å². The Kier molecular flexibility index (Phi) is 5.75. The number of thiophene rings is 1. The summed E-state index contributed by atoms with van der Waals surface area (Å²) in [5.41, 5.74) is 1.97. The smallest absolute Gasteiger partial charge is 0.174 e. The molecule has 7 heteroatoms. The van der Waals surface area contributed by atoms with Gasteiger partial charge >= 0.3 is 0 Å². The largest absolute Gasteiger partial charge is 0.497 e. The Hall–Kier alpha value is -3.42. The van der Waals surface area contributed by atoms with Crippen molar-refractivity contribution < 1.29 is 9.47 Å². The zero-order chi connectivity index (χ0) is 21.9. The maximum atomic E-state index is 5.98. The van der Waals surface area contributed by atoms with Gasteiger partial charge < -0.3 is 19.7 Å². The molecule has 1 fully saturated rings. The van der Waals surface area contributed by atoms with E-state index < -0.39 is 0 Å². The molecule has 2 atom stereocenters. The summed E-state index contributed by atoms with van der Waals surface area (Å²) in [5.74, 6) is 2.30. The van der Waals surface area contributed by atoms with Crippen LogP contribution < -0.4 is 19.7 Å². The van der Waals surface area contributed by atoms with Gasteiger partial charge in [0.05, 0.1) is 24.9 Å². The normalized spacial score (nSPS) is 17.8. The van der Waals surface area contributed by atoms with Crippen LogP contribution in [0.5, 0.6) is 17.2 Å². The van der Waals surface area contributed by atoms with Crippen LogP contribution in [0, 0.1) is 0 Å². The molecule has 0 spiro atoms. The summed E-state index contributed by atoms with van der Waals surface area (Å²) < 4.78 is 11.2. The molecule has 2 aromatic carbocycles. The number of hydrogen-bond acceptors (Lipinski definition) is 5. The molecule has 1 aliphatic heterocycles. The van der Waals surface area contributed by atoms with E-state index in [1.165, 1.54) is 4.88 Å². The first kappa shape index (κ1) is 20.5. The second-order valence-electron chi connectivity index (χ2n) is 7.28. The fourth-order valence-corrected chi connectivity index (χ4v) is 5.03. The van der Waals surface area contributed by atoms with E-state index in [1.54, 1.807) is 18.4 Å². The lowest BCUT2D eigenvalue weighted by Gasteiger charge is -2.27. The van der Waals surface area contributed by atoms with Crippen LogP contribution in [0.25, 0.3) is 0 Å². The minimum Gasteiger partial charge on any atom is -0.497 e. The summed E-state index contributed by atoms with van der Waals surface area (Å²) in [6.45, 7) is 0. The van der Waals surface area contributed by atoms with Crippen LogP contribution in [-0.2, 0) is 0 Å². The monoisotopic (exact) mass is 459 g/mol. The van der Waals surface area contributed by atoms with Gasteiger partial charge in [-0.25, -0.2) is 0 Å². The van der Waals surface area contributed by atoms with Gasteiger partial charge in [-0.3, -0.25) is 4.98 Å². The quantitative estimate of drug-likeness (QED) is 0.351. The molecule has 3 heterocycles. The van der Waals surface area contributed by atoms with Crippen LogP contribution in [0.4, 0.5) is 5.69 Å². The van der Waals surface area contributed by atoms with Gasteiger partial charge in [-0.2, -0.15) is 0 Å². The third-order valence-corrected chi connectivity index (χ3v) is 6.60. The summed E-state index contributed by atoms with van der Waals surface area (Å²) in [4.78, 5) is 7.98. The van der Waals surface area contributed by atoms with Gasteiger partial charge in [-0.15, -0.1) is 11.3 Å². The third-order valence-electron chi connectivity index (χ3n) is 5.34. The van der Waals surface area contributed by atoms with Gasteiger partial charge in [0, 0.05) is 16.8 Å². The van der Waals surface area contributed by atoms with Crippen molar-refractivity contribution in [3.63, 3.8) is 0 Å². The highest BCUT2D eigenvalue weighted by molar-refractivity contribution is 7.80. The minimum absolute atomic E-state index is 0.0192. The molecule has 160 valence electrons. The Labute approximate surface area is 196 Å². The standard InChI is InChI=1S/C25H21N3O2S2/c1-29-18-11-13-20(14-12-18)30-19-9-7-17(8-10-19)28-24(22-6-4-16-32-22)23(27-25(28)31)21-5-2-3-15-26-21/h2-16,23-24H,1H3,(H,27,31)/t23-,24-/m1/s1. The fraction of sp³-hybridized carbons (Fsp3) is 0.120. The average molecular weight is 460 g/mol. The molecule has 0 saturated carbocycles. The Balaban J connectivity index is 1.42. The lowest BCUT2D eigenvalue weighted by molar-refractivity contribution is 0.413. The first-order valence-corrected chi connectivity index (χ1v) is 11.5. The third kappa shape index (κ3) is 4.04. The number of pyridine rings is 1. The summed E-state index contributed by atoms with van der Waals surface area (Å²) in [6.07, 6.45) is 1.82. The zero-order valence-electron chi connectivity index (χ0n) is 17.3. The molecule has 1 saturated heterocycles. The second-order valence-corrected chi connectivity index (χ2v) is 8.65. The maximum absolute atomic E-state index is 5.98. The van der Waals surface area contributed by atoms with Crippen LogP contribution in [-0.4, -0.2) is 17.2 Å². The Morgan fingerprint density at radius 2 is 1.62 bits per heavy atom. The molecule has 4 aromatic rings. The van der Waals surface area contributed by atoms with E-state index in [1.807, 2.05) is 72.9 Å². The van der Waals surface area contributed by atoms with E-state index in [9.17, 15) is 0 Å². The predicted molar refractivity (Wildman–Crippen MR) is 132 cm³/mol. The van der Waals surface area contributed by atoms with Crippen LogP contribution in [0.1, 0.15) is 22.7 Å². The molecule has 0 unspecified atom stereocenters.